The highest BCUT2D eigenvalue weighted by Crippen LogP contribution is 2.45. The Morgan fingerprint density at radius 2 is 0.912 bits per heavy atom. The van der Waals surface area contributed by atoms with Crippen LogP contribution in [0.3, 0.4) is 0 Å². The van der Waals surface area contributed by atoms with Crippen LogP contribution in [0.2, 0.25) is 0 Å². The topological polar surface area (TPSA) is 172 Å². The smallest absolute Gasteiger partial charge is 0.303 e. The summed E-state index contributed by atoms with van der Waals surface area (Å²) in [5, 5.41) is 10.8. The van der Waals surface area contributed by atoms with Crippen LogP contribution in [0.15, 0.2) is 91.0 Å². The van der Waals surface area contributed by atoms with Crippen LogP contribution in [-0.2, 0) is 81.6 Å². The van der Waals surface area contributed by atoms with E-state index in [4.69, 9.17) is 42.6 Å². The van der Waals surface area contributed by atoms with Crippen molar-refractivity contribution >= 4 is 45.5 Å². The minimum Gasteiger partial charge on any atom is -0.463 e. The van der Waals surface area contributed by atoms with Crippen LogP contribution in [0, 0.1) is 0 Å². The fraction of sp³-hybridized carbons (Fsp3) is 0.463. The van der Waals surface area contributed by atoms with E-state index < -0.39 is 90.2 Å². The zero-order valence-corrected chi connectivity index (χ0v) is 33.7. The largest absolute Gasteiger partial charge is 0.463 e. The summed E-state index contributed by atoms with van der Waals surface area (Å²) in [7, 11) is 2.22. The second-order valence-corrected chi connectivity index (χ2v) is 15.7. The van der Waals surface area contributed by atoms with Crippen molar-refractivity contribution in [1.29, 1.82) is 0 Å². The Balaban J connectivity index is 1.48. The molecule has 308 valence electrons. The summed E-state index contributed by atoms with van der Waals surface area (Å²) in [5.41, 5.74) is 0.747. The van der Waals surface area contributed by atoms with Gasteiger partial charge in [0.1, 0.15) is 42.6 Å². The summed E-state index contributed by atoms with van der Waals surface area (Å²) in [4.78, 5) is 49.0. The summed E-state index contributed by atoms with van der Waals surface area (Å²) in [5.74, 6) is -2.82. The standard InChI is InChI=1S/C41H48O14S2/c1-25(43)47-24-33-35(51-26(2)44)37(52-27(3)45)39(53-28(4)46)41(55-33)57-56-40-38(50-23-31-18-12-7-13-19-31)36(49-22-30-16-10-6-11-17-30)34(32(20-42)54-40)48-21-29-14-8-5-9-15-29/h5-19,32-42H,20-24H2,1-4H3/t32-,33-,34+,35-,36+,37+,38-,39+,40-,41-/m1/s1. The van der Waals surface area contributed by atoms with Crippen LogP contribution < -0.4 is 0 Å². The van der Waals surface area contributed by atoms with Gasteiger partial charge in [0, 0.05) is 27.7 Å². The van der Waals surface area contributed by atoms with Crippen molar-refractivity contribution in [1.82, 2.24) is 0 Å². The van der Waals surface area contributed by atoms with Gasteiger partial charge in [0.05, 0.1) is 26.4 Å². The molecule has 1 N–H and O–H groups in total. The molecule has 16 heteroatoms. The lowest BCUT2D eigenvalue weighted by Crippen LogP contribution is -2.62. The normalized spacial score (nSPS) is 27.2. The van der Waals surface area contributed by atoms with Gasteiger partial charge in [-0.2, -0.15) is 0 Å². The minimum absolute atomic E-state index is 0.177. The molecule has 2 saturated heterocycles. The molecule has 14 nitrogen and oxygen atoms in total. The third kappa shape index (κ3) is 13.3. The molecule has 2 aliphatic rings. The number of hydrogen-bond donors (Lipinski definition) is 1. The molecule has 0 bridgehead atoms. The van der Waals surface area contributed by atoms with Crippen LogP contribution in [0.1, 0.15) is 44.4 Å². The van der Waals surface area contributed by atoms with Gasteiger partial charge in [-0.1, -0.05) is 113 Å². The van der Waals surface area contributed by atoms with Gasteiger partial charge in [0.25, 0.3) is 0 Å². The van der Waals surface area contributed by atoms with E-state index in [0.717, 1.165) is 52.1 Å². The third-order valence-corrected chi connectivity index (χ3v) is 11.5. The molecule has 0 saturated carbocycles. The number of aliphatic hydroxyl groups is 1. The van der Waals surface area contributed by atoms with E-state index in [2.05, 4.69) is 0 Å². The molecule has 0 amide bonds. The molecule has 3 aromatic rings. The van der Waals surface area contributed by atoms with Gasteiger partial charge in [-0.3, -0.25) is 19.2 Å². The molecule has 0 unspecified atom stereocenters. The van der Waals surface area contributed by atoms with Crippen LogP contribution in [0.25, 0.3) is 0 Å². The Labute approximate surface area is 339 Å². The van der Waals surface area contributed by atoms with E-state index in [1.807, 2.05) is 91.0 Å². The molecule has 57 heavy (non-hydrogen) atoms. The summed E-state index contributed by atoms with van der Waals surface area (Å²) >= 11 is 0. The highest BCUT2D eigenvalue weighted by atomic mass is 33.1. The Bertz CT molecular complexity index is 1720. The third-order valence-electron chi connectivity index (χ3n) is 8.82. The van der Waals surface area contributed by atoms with E-state index in [0.29, 0.717) is 0 Å². The maximum Gasteiger partial charge on any atom is 0.303 e. The summed E-state index contributed by atoms with van der Waals surface area (Å²) < 4.78 is 54.8. The van der Waals surface area contributed by atoms with Crippen LogP contribution in [0.5, 0.6) is 0 Å². The predicted molar refractivity (Wildman–Crippen MR) is 208 cm³/mol. The number of aliphatic hydroxyl groups excluding tert-OH is 1. The van der Waals surface area contributed by atoms with Crippen molar-refractivity contribution in [2.24, 2.45) is 0 Å². The number of ether oxygens (including phenoxy) is 9. The maximum absolute atomic E-state index is 12.5. The van der Waals surface area contributed by atoms with Crippen molar-refractivity contribution in [3.63, 3.8) is 0 Å². The molecule has 2 heterocycles. The first-order valence-electron chi connectivity index (χ1n) is 18.4. The Morgan fingerprint density at radius 1 is 0.509 bits per heavy atom. The van der Waals surface area contributed by atoms with E-state index in [1.54, 1.807) is 0 Å². The Morgan fingerprint density at radius 3 is 1.37 bits per heavy atom. The molecule has 2 fully saturated rings. The summed E-state index contributed by atoms with van der Waals surface area (Å²) in [6, 6.07) is 28.8. The van der Waals surface area contributed by atoms with Crippen LogP contribution in [-0.4, -0.2) is 102 Å². The zero-order valence-electron chi connectivity index (χ0n) is 32.0. The number of hydrogen-bond acceptors (Lipinski definition) is 16. The highest BCUT2D eigenvalue weighted by Gasteiger charge is 2.54. The molecule has 0 spiro atoms. The number of carbonyl (C=O) groups excluding carboxylic acids is 4. The monoisotopic (exact) mass is 828 g/mol. The SMILES string of the molecule is CC(=O)OC[C@H]1O[C@H](SS[C@H]2O[C@H](CO)[C@H](OCc3ccccc3)[C@H](OCc3ccccc3)[C@H]2OCc2ccccc2)[C@@H](OC(C)=O)[C@@H](OC(C)=O)[C@@H]1OC(C)=O. The molecule has 3 aromatic carbocycles. The molecule has 2 aliphatic heterocycles. The number of esters is 4. The van der Waals surface area contributed by atoms with Gasteiger partial charge in [-0.15, -0.1) is 0 Å². The van der Waals surface area contributed by atoms with E-state index in [-0.39, 0.29) is 26.4 Å². The molecule has 0 radical (unpaired) electrons. The van der Waals surface area contributed by atoms with Crippen molar-refractivity contribution < 1.29 is 66.9 Å². The molecular formula is C41H48O14S2. The first-order chi connectivity index (χ1) is 27.5. The van der Waals surface area contributed by atoms with Gasteiger partial charge in [0.15, 0.2) is 23.7 Å². The summed E-state index contributed by atoms with van der Waals surface area (Å²) in [6.45, 7) is 4.50. The van der Waals surface area contributed by atoms with Gasteiger partial charge in [0.2, 0.25) is 0 Å². The average molecular weight is 829 g/mol. The lowest BCUT2D eigenvalue weighted by molar-refractivity contribution is -0.251. The second-order valence-electron chi connectivity index (χ2n) is 13.3. The van der Waals surface area contributed by atoms with Crippen molar-refractivity contribution in [2.75, 3.05) is 13.2 Å². The lowest BCUT2D eigenvalue weighted by Gasteiger charge is -2.46. The van der Waals surface area contributed by atoms with Gasteiger partial charge in [-0.25, -0.2) is 0 Å². The van der Waals surface area contributed by atoms with Crippen molar-refractivity contribution in [3.05, 3.63) is 108 Å². The first kappa shape index (κ1) is 44.1. The van der Waals surface area contributed by atoms with E-state index in [9.17, 15) is 24.3 Å². The fourth-order valence-corrected chi connectivity index (χ4v) is 9.19. The van der Waals surface area contributed by atoms with Crippen molar-refractivity contribution in [2.45, 2.75) is 107 Å². The predicted octanol–water partition coefficient (Wildman–Crippen LogP) is 4.92. The van der Waals surface area contributed by atoms with E-state index in [1.165, 1.54) is 13.8 Å². The molecule has 0 aromatic heterocycles. The minimum atomic E-state index is -1.34. The van der Waals surface area contributed by atoms with Gasteiger partial charge >= 0.3 is 23.9 Å². The number of carbonyl (C=O) groups is 4. The van der Waals surface area contributed by atoms with E-state index >= 15 is 0 Å². The molecular weight excluding hydrogens is 781 g/mol. The highest BCUT2D eigenvalue weighted by molar-refractivity contribution is 8.77. The Kier molecular flexibility index (Phi) is 17.2. The van der Waals surface area contributed by atoms with Crippen molar-refractivity contribution in [3.8, 4) is 0 Å². The number of rotatable bonds is 18. The van der Waals surface area contributed by atoms with Crippen LogP contribution >= 0.6 is 21.6 Å². The first-order valence-corrected chi connectivity index (χ1v) is 20.7. The second kappa shape index (κ2) is 22.2. The molecule has 5 rings (SSSR count). The molecule has 10 atom stereocenters. The molecule has 0 aliphatic carbocycles. The average Bonchev–Trinajstić information content (AvgIpc) is 3.19. The quantitative estimate of drug-likeness (QED) is 0.104. The number of benzene rings is 3. The zero-order chi connectivity index (χ0) is 40.7. The van der Waals surface area contributed by atoms with Crippen LogP contribution in [0.4, 0.5) is 0 Å². The fourth-order valence-electron chi connectivity index (χ4n) is 6.35. The Hall–Kier alpha value is -4.00. The maximum atomic E-state index is 12.5. The van der Waals surface area contributed by atoms with Gasteiger partial charge < -0.3 is 47.7 Å². The lowest BCUT2D eigenvalue weighted by atomic mass is 9.99. The summed E-state index contributed by atoms with van der Waals surface area (Å²) in [6.07, 6.45) is -8.34. The van der Waals surface area contributed by atoms with Gasteiger partial charge in [-0.05, 0) is 16.7 Å².